The SMILES string of the molecule is C#CCCOC(=O)F. The molecule has 0 saturated heterocycles. The molecule has 3 heteroatoms. The maximum atomic E-state index is 11.1. The number of terminal acetylenes is 1. The first-order chi connectivity index (χ1) is 3.77. The molecule has 0 aliphatic heterocycles. The van der Waals surface area contributed by atoms with Gasteiger partial charge >= 0.3 is 6.22 Å². The van der Waals surface area contributed by atoms with Crippen molar-refractivity contribution in [3.05, 3.63) is 0 Å². The normalized spacial score (nSPS) is 7.50. The lowest BCUT2D eigenvalue weighted by atomic mass is 10.5. The molecular formula is C5H5FO2. The van der Waals surface area contributed by atoms with Crippen LogP contribution in [0.3, 0.4) is 0 Å². The van der Waals surface area contributed by atoms with Gasteiger partial charge in [0.15, 0.2) is 0 Å². The molecule has 44 valence electrons. The molecule has 0 N–H and O–H groups in total. The number of ether oxygens (including phenoxy) is 1. The van der Waals surface area contributed by atoms with Gasteiger partial charge in [0.1, 0.15) is 6.61 Å². The van der Waals surface area contributed by atoms with Crippen molar-refractivity contribution in [2.24, 2.45) is 0 Å². The lowest BCUT2D eigenvalue weighted by Gasteiger charge is -1.90. The third-order valence-corrected chi connectivity index (χ3v) is 0.462. The van der Waals surface area contributed by atoms with Crippen molar-refractivity contribution < 1.29 is 13.9 Å². The van der Waals surface area contributed by atoms with E-state index in [0.29, 0.717) is 0 Å². The van der Waals surface area contributed by atoms with Gasteiger partial charge in [-0.2, -0.15) is 0 Å². The Morgan fingerprint density at radius 1 is 1.88 bits per heavy atom. The van der Waals surface area contributed by atoms with E-state index in [0.717, 1.165) is 0 Å². The minimum absolute atomic E-state index is 0.0359. The van der Waals surface area contributed by atoms with Crippen molar-refractivity contribution in [3.63, 3.8) is 0 Å². The Bertz CT molecular complexity index is 114. The fourth-order valence-corrected chi connectivity index (χ4v) is 0.190. The summed E-state index contributed by atoms with van der Waals surface area (Å²) in [5.41, 5.74) is 0. The molecular weight excluding hydrogens is 111 g/mol. The molecule has 0 heterocycles. The number of hydrogen-bond donors (Lipinski definition) is 0. The summed E-state index contributed by atoms with van der Waals surface area (Å²) < 4.78 is 14.9. The van der Waals surface area contributed by atoms with E-state index in [1.165, 1.54) is 0 Å². The second kappa shape index (κ2) is 4.13. The first kappa shape index (κ1) is 6.96. The molecule has 0 aromatic carbocycles. The average Bonchev–Trinajstić information content (AvgIpc) is 1.66. The highest BCUT2D eigenvalue weighted by atomic mass is 19.1. The zero-order chi connectivity index (χ0) is 6.41. The van der Waals surface area contributed by atoms with Crippen molar-refractivity contribution in [2.45, 2.75) is 6.42 Å². The Balaban J connectivity index is 2.97. The van der Waals surface area contributed by atoms with Crippen LogP contribution in [0.2, 0.25) is 0 Å². The smallest absolute Gasteiger partial charge is 0.439 e. The van der Waals surface area contributed by atoms with Crippen LogP contribution in [0.25, 0.3) is 0 Å². The van der Waals surface area contributed by atoms with Crippen LogP contribution < -0.4 is 0 Å². The van der Waals surface area contributed by atoms with Gasteiger partial charge in [-0.15, -0.1) is 16.7 Å². The summed E-state index contributed by atoms with van der Waals surface area (Å²) in [5, 5.41) is 0. The summed E-state index contributed by atoms with van der Waals surface area (Å²) in [7, 11) is 0. The van der Waals surface area contributed by atoms with Gasteiger partial charge in [-0.25, -0.2) is 4.79 Å². The summed E-state index contributed by atoms with van der Waals surface area (Å²) in [6.07, 6.45) is 3.23. The Morgan fingerprint density at radius 3 is 2.88 bits per heavy atom. The summed E-state index contributed by atoms with van der Waals surface area (Å²) in [6, 6.07) is 0. The van der Waals surface area contributed by atoms with Crippen LogP contribution in [0.4, 0.5) is 9.18 Å². The lowest BCUT2D eigenvalue weighted by Crippen LogP contribution is -1.95. The molecule has 0 spiro atoms. The van der Waals surface area contributed by atoms with E-state index in [-0.39, 0.29) is 13.0 Å². The number of carbonyl (C=O) groups excluding carboxylic acids is 1. The van der Waals surface area contributed by atoms with E-state index in [4.69, 9.17) is 6.42 Å². The quantitative estimate of drug-likeness (QED) is 0.307. The highest BCUT2D eigenvalue weighted by Gasteiger charge is 1.92. The number of rotatable bonds is 2. The Labute approximate surface area is 46.6 Å². The van der Waals surface area contributed by atoms with E-state index in [1.54, 1.807) is 0 Å². The fourth-order valence-electron chi connectivity index (χ4n) is 0.190. The third-order valence-electron chi connectivity index (χ3n) is 0.462. The van der Waals surface area contributed by atoms with E-state index in [2.05, 4.69) is 10.7 Å². The van der Waals surface area contributed by atoms with E-state index >= 15 is 0 Å². The van der Waals surface area contributed by atoms with Gasteiger partial charge in [-0.05, 0) is 0 Å². The summed E-state index contributed by atoms with van der Waals surface area (Å²) >= 11 is 0. The molecule has 0 saturated carbocycles. The Hall–Kier alpha value is -1.04. The van der Waals surface area contributed by atoms with Crippen LogP contribution in [0, 0.1) is 12.3 Å². The highest BCUT2D eigenvalue weighted by Crippen LogP contribution is 1.83. The zero-order valence-corrected chi connectivity index (χ0v) is 4.19. The van der Waals surface area contributed by atoms with Gasteiger partial charge in [0.25, 0.3) is 0 Å². The summed E-state index contributed by atoms with van der Waals surface area (Å²) in [4.78, 5) is 9.36. The minimum Gasteiger partial charge on any atom is -0.439 e. The Kier molecular flexibility index (Phi) is 3.59. The van der Waals surface area contributed by atoms with Crippen LogP contribution in [0.15, 0.2) is 0 Å². The van der Waals surface area contributed by atoms with Crippen LogP contribution in [0.1, 0.15) is 6.42 Å². The molecule has 0 aromatic heterocycles. The molecule has 0 unspecified atom stereocenters. The van der Waals surface area contributed by atoms with Crippen LogP contribution >= 0.6 is 0 Å². The van der Waals surface area contributed by atoms with Crippen LogP contribution in [-0.4, -0.2) is 12.8 Å². The summed E-state index contributed by atoms with van der Waals surface area (Å²) in [5.74, 6) is 2.18. The number of halogens is 1. The third kappa shape index (κ3) is 4.96. The van der Waals surface area contributed by atoms with Gasteiger partial charge in [0, 0.05) is 6.42 Å². The fraction of sp³-hybridized carbons (Fsp3) is 0.400. The lowest BCUT2D eigenvalue weighted by molar-refractivity contribution is 0.123. The molecule has 0 amide bonds. The first-order valence-electron chi connectivity index (χ1n) is 2.03. The topological polar surface area (TPSA) is 26.3 Å². The van der Waals surface area contributed by atoms with Gasteiger partial charge < -0.3 is 4.74 Å². The van der Waals surface area contributed by atoms with Crippen molar-refractivity contribution in [2.75, 3.05) is 6.61 Å². The monoisotopic (exact) mass is 116 g/mol. The Morgan fingerprint density at radius 2 is 2.50 bits per heavy atom. The van der Waals surface area contributed by atoms with Crippen LogP contribution in [-0.2, 0) is 4.74 Å². The molecule has 0 aliphatic carbocycles. The van der Waals surface area contributed by atoms with Crippen LogP contribution in [0.5, 0.6) is 0 Å². The molecule has 0 bridgehead atoms. The van der Waals surface area contributed by atoms with E-state index < -0.39 is 6.22 Å². The minimum atomic E-state index is -1.78. The molecule has 0 radical (unpaired) electrons. The van der Waals surface area contributed by atoms with Crippen molar-refractivity contribution in [1.29, 1.82) is 0 Å². The standard InChI is InChI=1S/C5H5FO2/c1-2-3-4-8-5(6)7/h1H,3-4H2. The highest BCUT2D eigenvalue weighted by molar-refractivity contribution is 5.57. The molecule has 0 rings (SSSR count). The van der Waals surface area contributed by atoms with Gasteiger partial charge in [0.2, 0.25) is 0 Å². The molecule has 0 atom stereocenters. The zero-order valence-electron chi connectivity index (χ0n) is 4.19. The van der Waals surface area contributed by atoms with Gasteiger partial charge in [-0.3, -0.25) is 0 Å². The van der Waals surface area contributed by atoms with Crippen molar-refractivity contribution >= 4 is 6.22 Å². The summed E-state index contributed by atoms with van der Waals surface area (Å²) in [6.45, 7) is -0.0359. The second-order valence-electron chi connectivity index (χ2n) is 1.04. The van der Waals surface area contributed by atoms with Crippen molar-refractivity contribution in [1.82, 2.24) is 0 Å². The van der Waals surface area contributed by atoms with Gasteiger partial charge in [-0.1, -0.05) is 0 Å². The predicted octanol–water partition coefficient (Wildman–Crippen LogP) is 1.12. The van der Waals surface area contributed by atoms with E-state index in [9.17, 15) is 9.18 Å². The van der Waals surface area contributed by atoms with Crippen molar-refractivity contribution in [3.8, 4) is 12.3 Å². The molecule has 0 fully saturated rings. The average molecular weight is 116 g/mol. The molecule has 2 nitrogen and oxygen atoms in total. The van der Waals surface area contributed by atoms with Gasteiger partial charge in [0.05, 0.1) is 0 Å². The number of carbonyl (C=O) groups is 1. The maximum absolute atomic E-state index is 11.1. The largest absolute Gasteiger partial charge is 0.495 e. The van der Waals surface area contributed by atoms with E-state index in [1.807, 2.05) is 0 Å². The molecule has 0 aromatic rings. The molecule has 8 heavy (non-hydrogen) atoms. The predicted molar refractivity (Wildman–Crippen MR) is 25.9 cm³/mol. The maximum Gasteiger partial charge on any atom is 0.495 e. The number of hydrogen-bond acceptors (Lipinski definition) is 2. The first-order valence-corrected chi connectivity index (χ1v) is 2.03. The molecule has 0 aliphatic rings. The second-order valence-corrected chi connectivity index (χ2v) is 1.04.